The summed E-state index contributed by atoms with van der Waals surface area (Å²) in [5, 5.41) is 12.1. The molecule has 5 nitrogen and oxygen atoms in total. The van der Waals surface area contributed by atoms with E-state index >= 15 is 0 Å². The number of nitrogens with one attached hydrogen (secondary N) is 1. The van der Waals surface area contributed by atoms with Crippen LogP contribution in [0.1, 0.15) is 15.9 Å². The van der Waals surface area contributed by atoms with Gasteiger partial charge in [-0.15, -0.1) is 0 Å². The normalized spacial score (nSPS) is 10.1. The number of halogens is 1. The van der Waals surface area contributed by atoms with Crippen molar-refractivity contribution >= 4 is 23.4 Å². The highest BCUT2D eigenvalue weighted by molar-refractivity contribution is 6.35. The summed E-state index contributed by atoms with van der Waals surface area (Å²) in [6.45, 7) is 0.430. The predicted molar refractivity (Wildman–Crippen MR) is 76.5 cm³/mol. The van der Waals surface area contributed by atoms with Gasteiger partial charge in [-0.25, -0.2) is 9.78 Å². The van der Waals surface area contributed by atoms with Crippen LogP contribution in [0.4, 0.5) is 5.82 Å². The quantitative estimate of drug-likeness (QED) is 0.886. The maximum absolute atomic E-state index is 11.0. The monoisotopic (exact) mass is 292 g/mol. The van der Waals surface area contributed by atoms with Crippen LogP contribution in [0.5, 0.6) is 5.75 Å². The standard InChI is InChI=1S/C14H13ClN2O3/c1-20-11-5-3-2-4-9(11)8-17-13-12(15)10(14(18)19)6-7-16-13/h2-7H,8H2,1H3,(H,16,17)(H,18,19). The van der Waals surface area contributed by atoms with Crippen LogP contribution in [0, 0.1) is 0 Å². The molecule has 0 saturated heterocycles. The van der Waals surface area contributed by atoms with Crippen molar-refractivity contribution in [3.63, 3.8) is 0 Å². The van der Waals surface area contributed by atoms with E-state index in [9.17, 15) is 4.79 Å². The molecule has 1 heterocycles. The van der Waals surface area contributed by atoms with E-state index in [2.05, 4.69) is 10.3 Å². The number of benzene rings is 1. The van der Waals surface area contributed by atoms with Gasteiger partial charge in [0.15, 0.2) is 0 Å². The van der Waals surface area contributed by atoms with Gasteiger partial charge in [-0.1, -0.05) is 29.8 Å². The van der Waals surface area contributed by atoms with Crippen LogP contribution >= 0.6 is 11.6 Å². The summed E-state index contributed by atoms with van der Waals surface area (Å²) in [5.41, 5.74) is 0.942. The molecule has 0 bridgehead atoms. The summed E-state index contributed by atoms with van der Waals surface area (Å²) in [5.74, 6) is -0.0132. The number of rotatable bonds is 5. The molecule has 0 atom stereocenters. The second-order valence-corrected chi connectivity index (χ2v) is 4.37. The lowest BCUT2D eigenvalue weighted by Gasteiger charge is -2.11. The van der Waals surface area contributed by atoms with Crippen LogP contribution < -0.4 is 10.1 Å². The smallest absolute Gasteiger partial charge is 0.337 e. The zero-order valence-corrected chi connectivity index (χ0v) is 11.5. The molecule has 2 rings (SSSR count). The first-order valence-electron chi connectivity index (χ1n) is 5.87. The number of carbonyl (C=O) groups is 1. The second-order valence-electron chi connectivity index (χ2n) is 3.99. The number of anilines is 1. The van der Waals surface area contributed by atoms with Gasteiger partial charge in [0, 0.05) is 18.3 Å². The van der Waals surface area contributed by atoms with E-state index in [1.54, 1.807) is 7.11 Å². The fraction of sp³-hybridized carbons (Fsp3) is 0.143. The number of carboxylic acids is 1. The molecule has 0 saturated carbocycles. The number of hydrogen-bond acceptors (Lipinski definition) is 4. The number of pyridine rings is 1. The third-order valence-corrected chi connectivity index (χ3v) is 3.14. The van der Waals surface area contributed by atoms with E-state index in [0.717, 1.165) is 11.3 Å². The lowest BCUT2D eigenvalue weighted by Crippen LogP contribution is -2.06. The minimum atomic E-state index is -1.09. The molecule has 0 amide bonds. The lowest BCUT2D eigenvalue weighted by atomic mass is 10.2. The van der Waals surface area contributed by atoms with Crippen LogP contribution in [0.25, 0.3) is 0 Å². The van der Waals surface area contributed by atoms with Gasteiger partial charge in [-0.3, -0.25) is 0 Å². The number of para-hydroxylation sites is 1. The number of ether oxygens (including phenoxy) is 1. The summed E-state index contributed by atoms with van der Waals surface area (Å²) < 4.78 is 5.24. The van der Waals surface area contributed by atoms with Gasteiger partial charge in [0.1, 0.15) is 11.6 Å². The summed E-state index contributed by atoms with van der Waals surface area (Å²) >= 11 is 6.01. The fourth-order valence-electron chi connectivity index (χ4n) is 1.76. The fourth-order valence-corrected chi connectivity index (χ4v) is 2.02. The molecule has 1 aromatic heterocycles. The van der Waals surface area contributed by atoms with Crippen molar-refractivity contribution in [2.45, 2.75) is 6.54 Å². The molecule has 0 unspecified atom stereocenters. The van der Waals surface area contributed by atoms with E-state index in [0.29, 0.717) is 12.4 Å². The Kier molecular flexibility index (Phi) is 4.42. The Labute approximate surface area is 121 Å². The predicted octanol–water partition coefficient (Wildman–Crippen LogP) is 3.05. The van der Waals surface area contributed by atoms with Crippen LogP contribution in [-0.4, -0.2) is 23.2 Å². The Hall–Kier alpha value is -2.27. The van der Waals surface area contributed by atoms with Crippen LogP contribution in [0.15, 0.2) is 36.5 Å². The van der Waals surface area contributed by atoms with Gasteiger partial charge in [0.25, 0.3) is 0 Å². The molecule has 0 aliphatic carbocycles. The van der Waals surface area contributed by atoms with E-state index in [-0.39, 0.29) is 10.6 Å². The maximum atomic E-state index is 11.0. The highest BCUT2D eigenvalue weighted by Gasteiger charge is 2.13. The molecule has 0 radical (unpaired) electrons. The molecule has 2 N–H and O–H groups in total. The van der Waals surface area contributed by atoms with E-state index < -0.39 is 5.97 Å². The van der Waals surface area contributed by atoms with E-state index in [4.69, 9.17) is 21.4 Å². The van der Waals surface area contributed by atoms with Crippen LogP contribution in [0.3, 0.4) is 0 Å². The molecular weight excluding hydrogens is 280 g/mol. The van der Waals surface area contributed by atoms with E-state index in [1.807, 2.05) is 24.3 Å². The van der Waals surface area contributed by atoms with Gasteiger partial charge in [-0.05, 0) is 12.1 Å². The van der Waals surface area contributed by atoms with Gasteiger partial charge in [0.05, 0.1) is 17.7 Å². The molecule has 104 valence electrons. The molecule has 0 spiro atoms. The molecule has 2 aromatic rings. The molecule has 0 fully saturated rings. The Bertz CT molecular complexity index is 632. The third kappa shape index (κ3) is 3.00. The highest BCUT2D eigenvalue weighted by atomic mass is 35.5. The van der Waals surface area contributed by atoms with Crippen molar-refractivity contribution < 1.29 is 14.6 Å². The third-order valence-electron chi connectivity index (χ3n) is 2.76. The summed E-state index contributed by atoms with van der Waals surface area (Å²) in [6.07, 6.45) is 1.40. The molecule has 20 heavy (non-hydrogen) atoms. The van der Waals surface area contributed by atoms with Crippen molar-refractivity contribution in [3.8, 4) is 5.75 Å². The van der Waals surface area contributed by atoms with Crippen molar-refractivity contribution in [2.24, 2.45) is 0 Å². The number of nitrogens with zero attached hydrogens (tertiary/aromatic N) is 1. The van der Waals surface area contributed by atoms with Gasteiger partial charge >= 0.3 is 5.97 Å². The highest BCUT2D eigenvalue weighted by Crippen LogP contribution is 2.25. The van der Waals surface area contributed by atoms with Crippen molar-refractivity contribution in [2.75, 3.05) is 12.4 Å². The van der Waals surface area contributed by atoms with Crippen molar-refractivity contribution in [1.29, 1.82) is 0 Å². The first-order valence-corrected chi connectivity index (χ1v) is 6.25. The zero-order valence-electron chi connectivity index (χ0n) is 10.8. The average Bonchev–Trinajstić information content (AvgIpc) is 2.46. The first kappa shape index (κ1) is 14.1. The van der Waals surface area contributed by atoms with Gasteiger partial charge < -0.3 is 15.2 Å². The number of carboxylic acid groups (broad SMARTS) is 1. The number of aromatic nitrogens is 1. The summed E-state index contributed by atoms with van der Waals surface area (Å²) in [4.78, 5) is 15.0. The SMILES string of the molecule is COc1ccccc1CNc1nccc(C(=O)O)c1Cl. The second kappa shape index (κ2) is 6.25. The summed E-state index contributed by atoms with van der Waals surface area (Å²) in [7, 11) is 1.59. The van der Waals surface area contributed by atoms with Gasteiger partial charge in [-0.2, -0.15) is 0 Å². The molecule has 1 aromatic carbocycles. The largest absolute Gasteiger partial charge is 0.496 e. The van der Waals surface area contributed by atoms with Crippen LogP contribution in [0.2, 0.25) is 5.02 Å². The minimum Gasteiger partial charge on any atom is -0.496 e. The Morgan fingerprint density at radius 2 is 2.15 bits per heavy atom. The Morgan fingerprint density at radius 3 is 2.85 bits per heavy atom. The number of methoxy groups -OCH3 is 1. The molecule has 6 heteroatoms. The molecule has 0 aliphatic rings. The average molecular weight is 293 g/mol. The van der Waals surface area contributed by atoms with E-state index in [1.165, 1.54) is 12.3 Å². The minimum absolute atomic E-state index is 0.0178. The van der Waals surface area contributed by atoms with Crippen molar-refractivity contribution in [3.05, 3.63) is 52.7 Å². The summed E-state index contributed by atoms with van der Waals surface area (Å²) in [6, 6.07) is 8.88. The Morgan fingerprint density at radius 1 is 1.40 bits per heavy atom. The lowest BCUT2D eigenvalue weighted by molar-refractivity contribution is 0.0697. The van der Waals surface area contributed by atoms with Gasteiger partial charge in [0.2, 0.25) is 0 Å². The van der Waals surface area contributed by atoms with Crippen LogP contribution in [-0.2, 0) is 6.54 Å². The Balaban J connectivity index is 2.19. The molecular formula is C14H13ClN2O3. The molecule has 0 aliphatic heterocycles. The first-order chi connectivity index (χ1) is 9.63. The zero-order chi connectivity index (χ0) is 14.5. The van der Waals surface area contributed by atoms with Crippen molar-refractivity contribution in [1.82, 2.24) is 4.98 Å². The maximum Gasteiger partial charge on any atom is 0.337 e. The number of hydrogen-bond donors (Lipinski definition) is 2. The number of aromatic carboxylic acids is 1. The topological polar surface area (TPSA) is 71.5 Å².